The van der Waals surface area contributed by atoms with Crippen molar-refractivity contribution in [2.75, 3.05) is 32.1 Å². The van der Waals surface area contributed by atoms with Crippen LogP contribution in [0.15, 0.2) is 47.4 Å². The summed E-state index contributed by atoms with van der Waals surface area (Å²) in [6, 6.07) is 10.9. The minimum atomic E-state index is -3.52. The van der Waals surface area contributed by atoms with E-state index in [-0.39, 0.29) is 17.4 Å². The van der Waals surface area contributed by atoms with Gasteiger partial charge in [0.15, 0.2) is 6.61 Å². The van der Waals surface area contributed by atoms with Crippen LogP contribution in [0, 0.1) is 6.92 Å². The summed E-state index contributed by atoms with van der Waals surface area (Å²) in [7, 11) is -2.22. The normalized spacial score (nSPS) is 14.6. The standard InChI is InChI=1S/C22H26N2O6S/c1-16-14-19(31(27,28)24-12-4-3-5-13-24)10-11-20(16)30-15-21(25)23-18-8-6-17(7-9-18)22(26)29-2/h6-11,14H,3-5,12-13,15H2,1-2H3,(H,23,25). The van der Waals surface area contributed by atoms with Crippen LogP contribution in [0.3, 0.4) is 0 Å². The number of nitrogens with one attached hydrogen (secondary N) is 1. The number of nitrogens with zero attached hydrogens (tertiary/aromatic N) is 1. The van der Waals surface area contributed by atoms with E-state index in [0.717, 1.165) is 19.3 Å². The van der Waals surface area contributed by atoms with E-state index in [4.69, 9.17) is 4.74 Å². The predicted octanol–water partition coefficient (Wildman–Crippen LogP) is 2.97. The molecule has 9 heteroatoms. The molecule has 2 aromatic carbocycles. The molecule has 0 radical (unpaired) electrons. The van der Waals surface area contributed by atoms with E-state index in [1.807, 2.05) is 0 Å². The number of aryl methyl sites for hydroxylation is 1. The molecule has 1 heterocycles. The van der Waals surface area contributed by atoms with E-state index in [0.29, 0.717) is 35.7 Å². The van der Waals surface area contributed by atoms with Gasteiger partial charge in [-0.25, -0.2) is 13.2 Å². The fraction of sp³-hybridized carbons (Fsp3) is 0.364. The van der Waals surface area contributed by atoms with Crippen molar-refractivity contribution in [3.8, 4) is 5.75 Å². The molecule has 0 saturated carbocycles. The summed E-state index contributed by atoms with van der Waals surface area (Å²) in [5, 5.41) is 2.68. The summed E-state index contributed by atoms with van der Waals surface area (Å²) in [6.07, 6.45) is 2.80. The number of carbonyl (C=O) groups is 2. The number of hydrogen-bond donors (Lipinski definition) is 1. The number of rotatable bonds is 7. The van der Waals surface area contributed by atoms with Crippen molar-refractivity contribution in [3.63, 3.8) is 0 Å². The lowest BCUT2D eigenvalue weighted by molar-refractivity contribution is -0.118. The Morgan fingerprint density at radius 2 is 1.71 bits per heavy atom. The number of hydrogen-bond acceptors (Lipinski definition) is 6. The van der Waals surface area contributed by atoms with E-state index in [9.17, 15) is 18.0 Å². The van der Waals surface area contributed by atoms with Gasteiger partial charge >= 0.3 is 5.97 Å². The van der Waals surface area contributed by atoms with E-state index in [2.05, 4.69) is 10.1 Å². The molecule has 0 bridgehead atoms. The molecule has 0 aliphatic carbocycles. The number of piperidine rings is 1. The molecule has 1 aliphatic rings. The molecule has 1 N–H and O–H groups in total. The zero-order valence-corrected chi connectivity index (χ0v) is 18.4. The zero-order valence-electron chi connectivity index (χ0n) is 17.6. The van der Waals surface area contributed by atoms with Gasteiger partial charge in [-0.3, -0.25) is 4.79 Å². The van der Waals surface area contributed by atoms with Crippen molar-refractivity contribution in [1.29, 1.82) is 0 Å². The molecule has 0 atom stereocenters. The molecule has 0 spiro atoms. The highest BCUT2D eigenvalue weighted by atomic mass is 32.2. The van der Waals surface area contributed by atoms with Crippen LogP contribution < -0.4 is 10.1 Å². The number of methoxy groups -OCH3 is 1. The fourth-order valence-corrected chi connectivity index (χ4v) is 4.95. The first-order chi connectivity index (χ1) is 14.8. The van der Waals surface area contributed by atoms with Crippen LogP contribution in [-0.4, -0.2) is 51.4 Å². The Hall–Kier alpha value is -2.91. The monoisotopic (exact) mass is 446 g/mol. The van der Waals surface area contributed by atoms with Gasteiger partial charge in [0, 0.05) is 18.8 Å². The third-order valence-electron chi connectivity index (χ3n) is 5.05. The van der Waals surface area contributed by atoms with Crippen LogP contribution in [0.4, 0.5) is 5.69 Å². The van der Waals surface area contributed by atoms with E-state index >= 15 is 0 Å². The molecule has 1 aliphatic heterocycles. The number of esters is 1. The van der Waals surface area contributed by atoms with Crippen molar-refractivity contribution >= 4 is 27.6 Å². The number of carbonyl (C=O) groups excluding carboxylic acids is 2. The lowest BCUT2D eigenvalue weighted by atomic mass is 10.2. The van der Waals surface area contributed by atoms with E-state index < -0.39 is 16.0 Å². The summed E-state index contributed by atoms with van der Waals surface area (Å²) < 4.78 is 37.3. The average molecular weight is 447 g/mol. The Labute approximate surface area is 182 Å². The summed E-state index contributed by atoms with van der Waals surface area (Å²) in [4.78, 5) is 23.8. The highest BCUT2D eigenvalue weighted by Gasteiger charge is 2.26. The number of benzene rings is 2. The molecule has 0 unspecified atom stereocenters. The SMILES string of the molecule is COC(=O)c1ccc(NC(=O)COc2ccc(S(=O)(=O)N3CCCCC3)cc2C)cc1. The van der Waals surface area contributed by atoms with Crippen molar-refractivity contribution in [2.45, 2.75) is 31.1 Å². The lowest BCUT2D eigenvalue weighted by Gasteiger charge is -2.26. The number of ether oxygens (including phenoxy) is 2. The maximum Gasteiger partial charge on any atom is 0.337 e. The average Bonchev–Trinajstić information content (AvgIpc) is 2.78. The highest BCUT2D eigenvalue weighted by Crippen LogP contribution is 2.26. The molecule has 31 heavy (non-hydrogen) atoms. The molecule has 3 rings (SSSR count). The summed E-state index contributed by atoms with van der Waals surface area (Å²) in [5.74, 6) is -0.397. The molecule has 2 aromatic rings. The Morgan fingerprint density at radius 3 is 2.32 bits per heavy atom. The quantitative estimate of drug-likeness (QED) is 0.656. The summed E-state index contributed by atoms with van der Waals surface area (Å²) in [5.41, 5.74) is 1.53. The molecule has 0 aromatic heterocycles. The Morgan fingerprint density at radius 1 is 1.03 bits per heavy atom. The van der Waals surface area contributed by atoms with Crippen LogP contribution in [0.25, 0.3) is 0 Å². The van der Waals surface area contributed by atoms with Crippen LogP contribution >= 0.6 is 0 Å². The van der Waals surface area contributed by atoms with Crippen molar-refractivity contribution < 1.29 is 27.5 Å². The third-order valence-corrected chi connectivity index (χ3v) is 6.94. The Bertz CT molecular complexity index is 1040. The van der Waals surface area contributed by atoms with Gasteiger partial charge in [-0.1, -0.05) is 6.42 Å². The summed E-state index contributed by atoms with van der Waals surface area (Å²) >= 11 is 0. The van der Waals surface area contributed by atoms with Gasteiger partial charge in [-0.15, -0.1) is 0 Å². The smallest absolute Gasteiger partial charge is 0.337 e. The van der Waals surface area contributed by atoms with Gasteiger partial charge < -0.3 is 14.8 Å². The second kappa shape index (κ2) is 9.93. The fourth-order valence-electron chi connectivity index (χ4n) is 3.35. The van der Waals surface area contributed by atoms with Crippen molar-refractivity contribution in [2.24, 2.45) is 0 Å². The topological polar surface area (TPSA) is 102 Å². The highest BCUT2D eigenvalue weighted by molar-refractivity contribution is 7.89. The second-order valence-corrected chi connectivity index (χ2v) is 9.24. The van der Waals surface area contributed by atoms with Crippen LogP contribution in [0.2, 0.25) is 0 Å². The number of sulfonamides is 1. The minimum absolute atomic E-state index is 0.231. The molecule has 1 saturated heterocycles. The number of amides is 1. The van der Waals surface area contributed by atoms with Gasteiger partial charge in [-0.05, 0) is 67.8 Å². The molecule has 1 amide bonds. The van der Waals surface area contributed by atoms with Crippen LogP contribution in [0.5, 0.6) is 5.75 Å². The van der Waals surface area contributed by atoms with Crippen molar-refractivity contribution in [3.05, 3.63) is 53.6 Å². The van der Waals surface area contributed by atoms with Crippen LogP contribution in [-0.2, 0) is 19.6 Å². The van der Waals surface area contributed by atoms with Gasteiger partial charge in [0.1, 0.15) is 5.75 Å². The summed E-state index contributed by atoms with van der Waals surface area (Å²) in [6.45, 7) is 2.59. The first kappa shape index (κ1) is 22.8. The Balaban J connectivity index is 1.59. The Kier molecular flexibility index (Phi) is 7.29. The van der Waals surface area contributed by atoms with Gasteiger partial charge in [0.25, 0.3) is 5.91 Å². The maximum atomic E-state index is 12.8. The first-order valence-corrected chi connectivity index (χ1v) is 11.5. The molecule has 166 valence electrons. The minimum Gasteiger partial charge on any atom is -0.483 e. The molecule has 8 nitrogen and oxygen atoms in total. The van der Waals surface area contributed by atoms with E-state index in [1.54, 1.807) is 43.3 Å². The lowest BCUT2D eigenvalue weighted by Crippen LogP contribution is -2.35. The largest absolute Gasteiger partial charge is 0.483 e. The predicted molar refractivity (Wildman–Crippen MR) is 116 cm³/mol. The molecular weight excluding hydrogens is 420 g/mol. The van der Waals surface area contributed by atoms with Crippen molar-refractivity contribution in [1.82, 2.24) is 4.31 Å². The van der Waals surface area contributed by atoms with E-state index in [1.165, 1.54) is 17.5 Å². The molecular formula is C22H26N2O6S. The van der Waals surface area contributed by atoms with Crippen LogP contribution in [0.1, 0.15) is 35.2 Å². The van der Waals surface area contributed by atoms with Gasteiger partial charge in [0.2, 0.25) is 10.0 Å². The first-order valence-electron chi connectivity index (χ1n) is 10.0. The van der Waals surface area contributed by atoms with Gasteiger partial charge in [0.05, 0.1) is 17.6 Å². The zero-order chi connectivity index (χ0) is 22.4. The van der Waals surface area contributed by atoms with Gasteiger partial charge in [-0.2, -0.15) is 4.31 Å². The second-order valence-electron chi connectivity index (χ2n) is 7.30. The maximum absolute atomic E-state index is 12.8. The third kappa shape index (κ3) is 5.62. The molecule has 1 fully saturated rings. The number of anilines is 1.